The number of thiazole rings is 1. The number of halogens is 1. The minimum Gasteiger partial charge on any atom is -0.352 e. The number of nitrogens with one attached hydrogen (secondary N) is 2. The molecule has 28 heavy (non-hydrogen) atoms. The Morgan fingerprint density at radius 1 is 1.07 bits per heavy atom. The third kappa shape index (κ3) is 5.79. The molecule has 9 heteroatoms. The van der Waals surface area contributed by atoms with Crippen molar-refractivity contribution in [1.29, 1.82) is 0 Å². The molecule has 1 aromatic heterocycles. The van der Waals surface area contributed by atoms with Crippen LogP contribution in [0.3, 0.4) is 0 Å². The fraction of sp³-hybridized carbons (Fsp3) is 0.158. The van der Waals surface area contributed by atoms with Crippen molar-refractivity contribution in [1.82, 2.24) is 10.3 Å². The van der Waals surface area contributed by atoms with E-state index < -0.39 is 10.0 Å². The van der Waals surface area contributed by atoms with Gasteiger partial charge in [0, 0.05) is 23.4 Å². The fourth-order valence-corrected chi connectivity index (χ4v) is 4.52. The summed E-state index contributed by atoms with van der Waals surface area (Å²) in [5, 5.41) is 5.51. The van der Waals surface area contributed by atoms with Crippen LogP contribution < -0.4 is 10.0 Å². The number of nitrogens with zero attached hydrogens (tertiary/aromatic N) is 1. The summed E-state index contributed by atoms with van der Waals surface area (Å²) in [4.78, 5) is 16.4. The number of aryl methyl sites for hydroxylation is 1. The summed E-state index contributed by atoms with van der Waals surface area (Å²) in [5.41, 5.74) is 1.63. The van der Waals surface area contributed by atoms with Crippen LogP contribution in [-0.4, -0.2) is 19.3 Å². The lowest BCUT2D eigenvalue weighted by Crippen LogP contribution is -2.23. The monoisotopic (exact) mass is 435 g/mol. The Kier molecular flexibility index (Phi) is 6.66. The second-order valence-corrected chi connectivity index (χ2v) is 8.94. The lowest BCUT2D eigenvalue weighted by molar-refractivity contribution is -0.121. The van der Waals surface area contributed by atoms with E-state index in [1.807, 2.05) is 12.1 Å². The molecule has 0 aliphatic rings. The number of aromatic nitrogens is 1. The first-order valence-corrected chi connectivity index (χ1v) is 11.2. The molecular weight excluding hydrogens is 418 g/mol. The first-order valence-electron chi connectivity index (χ1n) is 8.46. The molecule has 0 unspecified atom stereocenters. The Hall–Kier alpha value is -2.42. The van der Waals surface area contributed by atoms with Gasteiger partial charge in [0.05, 0.1) is 10.6 Å². The van der Waals surface area contributed by atoms with E-state index in [0.717, 1.165) is 5.56 Å². The highest BCUT2D eigenvalue weighted by molar-refractivity contribution is 7.93. The number of amides is 1. The van der Waals surface area contributed by atoms with Gasteiger partial charge in [-0.1, -0.05) is 41.9 Å². The first-order chi connectivity index (χ1) is 13.4. The summed E-state index contributed by atoms with van der Waals surface area (Å²) in [6, 6.07) is 15.4. The topological polar surface area (TPSA) is 88.2 Å². The van der Waals surface area contributed by atoms with E-state index in [4.69, 9.17) is 11.6 Å². The van der Waals surface area contributed by atoms with Crippen molar-refractivity contribution in [2.75, 3.05) is 4.72 Å². The molecule has 2 N–H and O–H groups in total. The molecule has 0 spiro atoms. The van der Waals surface area contributed by atoms with E-state index >= 15 is 0 Å². The van der Waals surface area contributed by atoms with Gasteiger partial charge in [-0.3, -0.25) is 9.52 Å². The highest BCUT2D eigenvalue weighted by atomic mass is 35.5. The van der Waals surface area contributed by atoms with E-state index in [1.165, 1.54) is 23.5 Å². The van der Waals surface area contributed by atoms with Crippen molar-refractivity contribution in [3.63, 3.8) is 0 Å². The quantitative estimate of drug-likeness (QED) is 0.562. The van der Waals surface area contributed by atoms with Crippen molar-refractivity contribution in [3.8, 4) is 0 Å². The summed E-state index contributed by atoms with van der Waals surface area (Å²) in [5.74, 6) is -0.102. The van der Waals surface area contributed by atoms with Crippen LogP contribution in [-0.2, 0) is 27.8 Å². The van der Waals surface area contributed by atoms with Crippen molar-refractivity contribution in [2.24, 2.45) is 0 Å². The highest BCUT2D eigenvalue weighted by Gasteiger charge is 2.15. The van der Waals surface area contributed by atoms with Crippen LogP contribution in [0, 0.1) is 0 Å². The Balaban J connectivity index is 1.49. The summed E-state index contributed by atoms with van der Waals surface area (Å²) in [6.45, 7) is 0.426. The van der Waals surface area contributed by atoms with Crippen LogP contribution in [0.25, 0.3) is 0 Å². The van der Waals surface area contributed by atoms with Crippen LogP contribution in [0.4, 0.5) is 5.13 Å². The van der Waals surface area contributed by atoms with Crippen LogP contribution in [0.1, 0.15) is 17.7 Å². The van der Waals surface area contributed by atoms with Gasteiger partial charge in [-0.2, -0.15) is 0 Å². The molecule has 0 saturated carbocycles. The molecular formula is C19H18ClN3O3S2. The third-order valence-electron chi connectivity index (χ3n) is 3.84. The maximum absolute atomic E-state index is 12.3. The molecule has 3 aromatic rings. The lowest BCUT2D eigenvalue weighted by Gasteiger charge is -2.05. The number of rotatable bonds is 8. The normalized spacial score (nSPS) is 11.2. The molecule has 2 aromatic carbocycles. The van der Waals surface area contributed by atoms with E-state index in [2.05, 4.69) is 15.0 Å². The predicted molar refractivity (Wildman–Crippen MR) is 111 cm³/mol. The lowest BCUT2D eigenvalue weighted by atomic mass is 10.2. The molecule has 0 atom stereocenters. The standard InChI is InChI=1S/C19H18ClN3O3S2/c20-15-8-6-14(7-9-15)12-21-18(24)11-10-16-13-27-19(22-16)23-28(25,26)17-4-2-1-3-5-17/h1-9,13H,10-12H2,(H,21,24)(H,22,23). The average molecular weight is 436 g/mol. The van der Waals surface area contributed by atoms with E-state index in [9.17, 15) is 13.2 Å². The molecule has 1 heterocycles. The zero-order valence-electron chi connectivity index (χ0n) is 14.8. The van der Waals surface area contributed by atoms with Crippen molar-refractivity contribution in [3.05, 3.63) is 76.3 Å². The largest absolute Gasteiger partial charge is 0.352 e. The first kappa shape index (κ1) is 20.3. The average Bonchev–Trinajstić information content (AvgIpc) is 3.13. The van der Waals surface area contributed by atoms with Crippen molar-refractivity contribution < 1.29 is 13.2 Å². The van der Waals surface area contributed by atoms with Gasteiger partial charge >= 0.3 is 0 Å². The molecule has 0 bridgehead atoms. The summed E-state index contributed by atoms with van der Waals surface area (Å²) in [6.07, 6.45) is 0.693. The van der Waals surface area contributed by atoms with Crippen LogP contribution in [0.2, 0.25) is 5.02 Å². The minimum atomic E-state index is -3.66. The summed E-state index contributed by atoms with van der Waals surface area (Å²) < 4.78 is 27.1. The Bertz CT molecular complexity index is 1040. The molecule has 6 nitrogen and oxygen atoms in total. The number of carbonyl (C=O) groups excluding carboxylic acids is 1. The molecule has 3 rings (SSSR count). The van der Waals surface area contributed by atoms with E-state index in [-0.39, 0.29) is 22.4 Å². The second-order valence-electron chi connectivity index (χ2n) is 5.97. The van der Waals surface area contributed by atoms with E-state index in [0.29, 0.717) is 23.7 Å². The molecule has 0 radical (unpaired) electrons. The minimum absolute atomic E-state index is 0.102. The maximum atomic E-state index is 12.3. The Morgan fingerprint density at radius 3 is 2.50 bits per heavy atom. The molecule has 146 valence electrons. The van der Waals surface area contributed by atoms with Gasteiger partial charge in [0.2, 0.25) is 5.91 Å². The van der Waals surface area contributed by atoms with Gasteiger partial charge in [0.25, 0.3) is 10.0 Å². The zero-order valence-corrected chi connectivity index (χ0v) is 17.2. The van der Waals surface area contributed by atoms with E-state index in [1.54, 1.807) is 35.7 Å². The molecule has 0 aliphatic heterocycles. The maximum Gasteiger partial charge on any atom is 0.263 e. The van der Waals surface area contributed by atoms with Crippen LogP contribution >= 0.6 is 22.9 Å². The summed E-state index contributed by atoms with van der Waals surface area (Å²) >= 11 is 7.02. The molecule has 0 aliphatic carbocycles. The molecule has 0 saturated heterocycles. The predicted octanol–water partition coefficient (Wildman–Crippen LogP) is 3.85. The van der Waals surface area contributed by atoms with Gasteiger partial charge in [-0.05, 0) is 36.2 Å². The van der Waals surface area contributed by atoms with Crippen molar-refractivity contribution >= 4 is 44.0 Å². The number of carbonyl (C=O) groups is 1. The number of hydrogen-bond donors (Lipinski definition) is 2. The van der Waals surface area contributed by atoms with Gasteiger partial charge in [-0.15, -0.1) is 11.3 Å². The van der Waals surface area contributed by atoms with Gasteiger partial charge in [-0.25, -0.2) is 13.4 Å². The Labute approximate surface area is 172 Å². The summed E-state index contributed by atoms with van der Waals surface area (Å²) in [7, 11) is -3.66. The number of sulfonamides is 1. The SMILES string of the molecule is O=C(CCc1csc(NS(=O)(=O)c2ccccc2)n1)NCc1ccc(Cl)cc1. The smallest absolute Gasteiger partial charge is 0.263 e. The van der Waals surface area contributed by atoms with Crippen molar-refractivity contribution in [2.45, 2.75) is 24.3 Å². The van der Waals surface area contributed by atoms with Gasteiger partial charge < -0.3 is 5.32 Å². The fourth-order valence-electron chi connectivity index (χ4n) is 2.38. The number of hydrogen-bond acceptors (Lipinski definition) is 5. The molecule has 1 amide bonds. The highest BCUT2D eigenvalue weighted by Crippen LogP contribution is 2.20. The van der Waals surface area contributed by atoms with Gasteiger partial charge in [0.1, 0.15) is 0 Å². The second kappa shape index (κ2) is 9.18. The van der Waals surface area contributed by atoms with Gasteiger partial charge in [0.15, 0.2) is 5.13 Å². The molecule has 0 fully saturated rings. The number of anilines is 1. The van der Waals surface area contributed by atoms with Crippen LogP contribution in [0.5, 0.6) is 0 Å². The zero-order chi connectivity index (χ0) is 20.0. The third-order valence-corrected chi connectivity index (χ3v) is 6.38. The van der Waals surface area contributed by atoms with Crippen LogP contribution in [0.15, 0.2) is 64.9 Å². The number of benzene rings is 2. The Morgan fingerprint density at radius 2 is 1.79 bits per heavy atom.